The number of hydrogen-bond donors (Lipinski definition) is 0. The lowest BCUT2D eigenvalue weighted by atomic mass is 9.41. The topological polar surface area (TPSA) is 11.4 Å². The minimum absolute atomic E-state index is 0.00187. The maximum absolute atomic E-state index is 2.64. The van der Waals surface area contributed by atoms with Crippen LogP contribution in [0.2, 0.25) is 0 Å². The lowest BCUT2D eigenvalue weighted by molar-refractivity contribution is 1.17. The third-order valence-corrected chi connectivity index (χ3v) is 12.7. The average molecular weight is 736 g/mol. The van der Waals surface area contributed by atoms with E-state index < -0.39 is 0 Å². The number of hydrogen-bond acceptors (Lipinski definition) is 2. The lowest BCUT2D eigenvalue weighted by Crippen LogP contribution is -2.63. The first-order valence-corrected chi connectivity index (χ1v) is 20.1. The molecule has 13 rings (SSSR count). The summed E-state index contributed by atoms with van der Waals surface area (Å²) >= 11 is 0. The molecule has 3 aliphatic rings. The largest absolute Gasteiger partial charge is 0.376 e. The SMILES string of the molecule is c1ccc(-c2ccc3c(c2)-c2cccc4c2B2c5c(cccc5N4c4cccc5c6ccccc6n(-c6ccccc6)c45)-c4cc(-c5ccccc5)ccc4N23)cc1. The van der Waals surface area contributed by atoms with Gasteiger partial charge in [-0.15, -0.1) is 0 Å². The van der Waals surface area contributed by atoms with E-state index in [9.17, 15) is 0 Å². The van der Waals surface area contributed by atoms with E-state index in [0.717, 1.165) is 11.4 Å². The van der Waals surface area contributed by atoms with Gasteiger partial charge in [0, 0.05) is 50.3 Å². The molecule has 4 heteroatoms. The summed E-state index contributed by atoms with van der Waals surface area (Å²) in [5.41, 5.74) is 22.3. The van der Waals surface area contributed by atoms with Crippen molar-refractivity contribution in [3.63, 3.8) is 0 Å². The summed E-state index contributed by atoms with van der Waals surface area (Å²) in [4.78, 5) is 5.22. The number of para-hydroxylation sites is 3. The highest BCUT2D eigenvalue weighted by molar-refractivity contribution is 6.95. The van der Waals surface area contributed by atoms with Crippen LogP contribution >= 0.6 is 0 Å². The third kappa shape index (κ3) is 4.29. The second-order valence-corrected chi connectivity index (χ2v) is 15.6. The summed E-state index contributed by atoms with van der Waals surface area (Å²) in [7, 11) is 0. The molecule has 0 fully saturated rings. The van der Waals surface area contributed by atoms with Gasteiger partial charge in [0.25, 0.3) is 0 Å². The molecule has 0 amide bonds. The van der Waals surface area contributed by atoms with Crippen molar-refractivity contribution in [3.05, 3.63) is 206 Å². The van der Waals surface area contributed by atoms with Crippen LogP contribution in [0.1, 0.15) is 0 Å². The summed E-state index contributed by atoms with van der Waals surface area (Å²) in [5.74, 6) is 0. The summed E-state index contributed by atoms with van der Waals surface area (Å²) in [6, 6.07) is 76.2. The normalized spacial score (nSPS) is 13.1. The van der Waals surface area contributed by atoms with Crippen LogP contribution in [0.15, 0.2) is 206 Å². The first-order valence-electron chi connectivity index (χ1n) is 20.1. The molecule has 3 aliphatic heterocycles. The maximum atomic E-state index is 2.64. The van der Waals surface area contributed by atoms with Crippen LogP contribution in [0.5, 0.6) is 0 Å². The fourth-order valence-electron chi connectivity index (χ4n) is 10.3. The number of fused-ring (bicyclic) bond motifs is 9. The van der Waals surface area contributed by atoms with Gasteiger partial charge in [-0.3, -0.25) is 0 Å². The Morgan fingerprint density at radius 1 is 0.328 bits per heavy atom. The zero-order chi connectivity index (χ0) is 37.9. The molecule has 1 aromatic heterocycles. The van der Waals surface area contributed by atoms with Crippen molar-refractivity contribution in [1.29, 1.82) is 0 Å². The quantitative estimate of drug-likeness (QED) is 0.167. The van der Waals surface area contributed by atoms with Crippen LogP contribution in [0.3, 0.4) is 0 Å². The highest BCUT2D eigenvalue weighted by Crippen LogP contribution is 2.53. The monoisotopic (exact) mass is 735 g/mol. The van der Waals surface area contributed by atoms with E-state index >= 15 is 0 Å². The Hall–Kier alpha value is -7.56. The molecule has 3 nitrogen and oxygen atoms in total. The molecule has 0 unspecified atom stereocenters. The fourth-order valence-corrected chi connectivity index (χ4v) is 10.3. The van der Waals surface area contributed by atoms with E-state index in [0.29, 0.717) is 0 Å². The maximum Gasteiger partial charge on any atom is 0.333 e. The Labute approximate surface area is 337 Å². The zero-order valence-electron chi connectivity index (χ0n) is 31.5. The van der Waals surface area contributed by atoms with Crippen molar-refractivity contribution < 1.29 is 0 Å². The van der Waals surface area contributed by atoms with Crippen LogP contribution in [0, 0.1) is 0 Å². The van der Waals surface area contributed by atoms with Gasteiger partial charge >= 0.3 is 6.85 Å². The molecule has 4 heterocycles. The predicted octanol–water partition coefficient (Wildman–Crippen LogP) is 12.8. The van der Waals surface area contributed by atoms with Crippen LogP contribution in [0.25, 0.3) is 72.0 Å². The minimum Gasteiger partial charge on any atom is -0.376 e. The highest BCUT2D eigenvalue weighted by Gasteiger charge is 2.49. The first-order chi connectivity index (χ1) is 28.8. The zero-order valence-corrected chi connectivity index (χ0v) is 31.5. The van der Waals surface area contributed by atoms with Crippen molar-refractivity contribution in [2.24, 2.45) is 0 Å². The fraction of sp³-hybridized carbons (Fsp3) is 0. The van der Waals surface area contributed by atoms with Crippen molar-refractivity contribution in [3.8, 4) is 50.2 Å². The van der Waals surface area contributed by atoms with Crippen molar-refractivity contribution >= 4 is 68.0 Å². The van der Waals surface area contributed by atoms with E-state index in [-0.39, 0.29) is 6.85 Å². The molecule has 0 spiro atoms. The number of aromatic nitrogens is 1. The second-order valence-electron chi connectivity index (χ2n) is 15.6. The molecule has 0 saturated heterocycles. The molecule has 9 aromatic carbocycles. The summed E-state index contributed by atoms with van der Waals surface area (Å²) in [5, 5.41) is 2.49. The standard InChI is InChI=1S/C54H34BN3/c1-4-15-35(16-5-1)37-29-31-47-44(33-37)41-22-12-26-49-52(41)55-53-42(45-34-38(30-32-48(45)58(47)55)36-17-6-2-7-18-36)23-13-27-50(53)57(49)51-28-14-24-43-40-21-10-11-25-46(40)56(54(43)51)39-19-8-3-9-20-39/h1-34H. The minimum atomic E-state index is -0.00187. The number of rotatable bonds is 4. The Morgan fingerprint density at radius 2 is 0.828 bits per heavy atom. The van der Waals surface area contributed by atoms with E-state index in [1.807, 2.05) is 0 Å². The Morgan fingerprint density at radius 3 is 1.43 bits per heavy atom. The predicted molar refractivity (Wildman–Crippen MR) is 244 cm³/mol. The van der Waals surface area contributed by atoms with Gasteiger partial charge in [0.1, 0.15) is 0 Å². The van der Waals surface area contributed by atoms with Gasteiger partial charge < -0.3 is 14.3 Å². The Bertz CT molecular complexity index is 3160. The number of anilines is 5. The van der Waals surface area contributed by atoms with Gasteiger partial charge in [0.05, 0.1) is 16.7 Å². The van der Waals surface area contributed by atoms with Gasteiger partial charge in [0.2, 0.25) is 0 Å². The average Bonchev–Trinajstić information content (AvgIpc) is 3.64. The van der Waals surface area contributed by atoms with Gasteiger partial charge in [-0.25, -0.2) is 0 Å². The number of benzene rings is 9. The van der Waals surface area contributed by atoms with Crippen LogP contribution in [-0.4, -0.2) is 11.4 Å². The summed E-state index contributed by atoms with van der Waals surface area (Å²) in [6.07, 6.45) is 0. The third-order valence-electron chi connectivity index (χ3n) is 12.7. The molecule has 0 aliphatic carbocycles. The van der Waals surface area contributed by atoms with E-state index in [4.69, 9.17) is 0 Å². The molecule has 0 saturated carbocycles. The first kappa shape index (κ1) is 31.6. The van der Waals surface area contributed by atoms with E-state index in [1.165, 1.54) is 100.0 Å². The molecule has 58 heavy (non-hydrogen) atoms. The molecular formula is C54H34BN3. The summed E-state index contributed by atoms with van der Waals surface area (Å²) in [6.45, 7) is -0.00187. The van der Waals surface area contributed by atoms with Gasteiger partial charge in [-0.1, -0.05) is 146 Å². The van der Waals surface area contributed by atoms with Crippen LogP contribution in [0.4, 0.5) is 28.4 Å². The van der Waals surface area contributed by atoms with Gasteiger partial charge in [-0.05, 0) is 105 Å². The van der Waals surface area contributed by atoms with Crippen LogP contribution in [-0.2, 0) is 0 Å². The lowest BCUT2D eigenvalue weighted by Gasteiger charge is -2.49. The highest BCUT2D eigenvalue weighted by atomic mass is 15.2. The van der Waals surface area contributed by atoms with E-state index in [1.54, 1.807) is 0 Å². The molecule has 268 valence electrons. The molecule has 0 radical (unpaired) electrons. The molecule has 10 aromatic rings. The van der Waals surface area contributed by atoms with Crippen molar-refractivity contribution in [2.75, 3.05) is 9.71 Å². The van der Waals surface area contributed by atoms with Crippen molar-refractivity contribution in [1.82, 2.24) is 4.57 Å². The number of nitrogens with zero attached hydrogens (tertiary/aromatic N) is 3. The van der Waals surface area contributed by atoms with E-state index in [2.05, 4.69) is 221 Å². The molecule has 0 N–H and O–H groups in total. The van der Waals surface area contributed by atoms with Gasteiger partial charge in [0.15, 0.2) is 0 Å². The second kappa shape index (κ2) is 12.0. The Kier molecular flexibility index (Phi) is 6.53. The molecule has 0 atom stereocenters. The molecular weight excluding hydrogens is 701 g/mol. The summed E-state index contributed by atoms with van der Waals surface area (Å²) < 4.78 is 2.46. The van der Waals surface area contributed by atoms with Gasteiger partial charge in [-0.2, -0.15) is 0 Å². The molecule has 0 bridgehead atoms. The van der Waals surface area contributed by atoms with Crippen molar-refractivity contribution in [2.45, 2.75) is 0 Å². The van der Waals surface area contributed by atoms with Crippen LogP contribution < -0.4 is 20.6 Å². The Balaban J connectivity index is 1.15. The smallest absolute Gasteiger partial charge is 0.333 e.